The van der Waals surface area contributed by atoms with E-state index in [0.717, 1.165) is 31.1 Å². The quantitative estimate of drug-likeness (QED) is 0.831. The maximum absolute atomic E-state index is 6.10. The molecule has 2 heterocycles. The highest BCUT2D eigenvalue weighted by Gasteiger charge is 2.25. The molecule has 1 saturated heterocycles. The van der Waals surface area contributed by atoms with Crippen molar-refractivity contribution >= 4 is 17.5 Å². The molecular weight excluding hydrogens is 324 g/mol. The number of benzene rings is 1. The normalized spacial score (nSPS) is 18.4. The lowest BCUT2D eigenvalue weighted by molar-refractivity contribution is 0.198. The Kier molecular flexibility index (Phi) is 5.53. The van der Waals surface area contributed by atoms with E-state index in [0.29, 0.717) is 17.9 Å². The van der Waals surface area contributed by atoms with Crippen molar-refractivity contribution < 1.29 is 4.74 Å². The molecule has 0 aliphatic carbocycles. The van der Waals surface area contributed by atoms with Gasteiger partial charge >= 0.3 is 0 Å². The number of likely N-dealkylation sites (tertiary alicyclic amines) is 1. The Bertz CT molecular complexity index is 682. The molecule has 1 aliphatic heterocycles. The van der Waals surface area contributed by atoms with E-state index in [9.17, 15) is 0 Å². The number of ether oxygens (including phenoxy) is 1. The topological polar surface area (TPSA) is 41.5 Å². The van der Waals surface area contributed by atoms with Crippen LogP contribution in [0.5, 0.6) is 5.88 Å². The molecule has 1 fully saturated rings. The molecule has 1 aromatic carbocycles. The van der Waals surface area contributed by atoms with E-state index in [1.807, 2.05) is 18.2 Å². The van der Waals surface area contributed by atoms with Gasteiger partial charge in [0.1, 0.15) is 0 Å². The largest absolute Gasteiger partial charge is 0.481 e. The molecule has 1 atom stereocenters. The molecule has 1 aromatic heterocycles. The molecule has 0 amide bonds. The molecule has 1 unspecified atom stereocenters. The predicted molar refractivity (Wildman–Crippen MR) is 96.7 cm³/mol. The number of rotatable bonds is 5. The van der Waals surface area contributed by atoms with Crippen LogP contribution in [0.4, 0.5) is 5.95 Å². The van der Waals surface area contributed by atoms with Gasteiger partial charge in [-0.15, -0.1) is 0 Å². The lowest BCUT2D eigenvalue weighted by atomic mass is 10.0. The average molecular weight is 347 g/mol. The second kappa shape index (κ2) is 7.81. The first kappa shape index (κ1) is 17.0. The summed E-state index contributed by atoms with van der Waals surface area (Å²) in [6.07, 6.45) is 4.05. The third kappa shape index (κ3) is 4.16. The van der Waals surface area contributed by atoms with Crippen molar-refractivity contribution in [1.82, 2.24) is 14.9 Å². The monoisotopic (exact) mass is 346 g/mol. The van der Waals surface area contributed by atoms with E-state index in [4.69, 9.17) is 16.3 Å². The van der Waals surface area contributed by atoms with Crippen LogP contribution in [-0.4, -0.2) is 48.2 Å². The van der Waals surface area contributed by atoms with Crippen LogP contribution in [-0.2, 0) is 6.54 Å². The highest BCUT2D eigenvalue weighted by molar-refractivity contribution is 6.30. The fourth-order valence-corrected chi connectivity index (χ4v) is 3.38. The van der Waals surface area contributed by atoms with Crippen LogP contribution >= 0.6 is 11.6 Å². The molecule has 2 aromatic rings. The van der Waals surface area contributed by atoms with Gasteiger partial charge in [0.05, 0.1) is 7.11 Å². The van der Waals surface area contributed by atoms with Crippen molar-refractivity contribution in [2.75, 3.05) is 32.1 Å². The molecule has 0 spiro atoms. The average Bonchev–Trinajstić information content (AvgIpc) is 2.61. The smallest absolute Gasteiger partial charge is 0.228 e. The maximum Gasteiger partial charge on any atom is 0.228 e. The summed E-state index contributed by atoms with van der Waals surface area (Å²) in [4.78, 5) is 13.5. The molecular formula is C18H23ClN4O. The molecule has 24 heavy (non-hydrogen) atoms. The van der Waals surface area contributed by atoms with Gasteiger partial charge < -0.3 is 9.64 Å². The Morgan fingerprint density at radius 2 is 2.25 bits per heavy atom. The van der Waals surface area contributed by atoms with Crippen molar-refractivity contribution in [3.05, 3.63) is 47.1 Å². The first-order chi connectivity index (χ1) is 11.7. The number of hydrogen-bond donors (Lipinski definition) is 0. The van der Waals surface area contributed by atoms with Crippen molar-refractivity contribution in [3.8, 4) is 5.88 Å². The Labute approximate surface area is 148 Å². The number of likely N-dealkylation sites (N-methyl/N-ethyl adjacent to an activating group) is 1. The lowest BCUT2D eigenvalue weighted by Crippen LogP contribution is -2.46. The molecule has 1 aliphatic rings. The van der Waals surface area contributed by atoms with E-state index in [-0.39, 0.29) is 0 Å². The van der Waals surface area contributed by atoms with Crippen molar-refractivity contribution in [3.63, 3.8) is 0 Å². The molecule has 5 nitrogen and oxygen atoms in total. The van der Waals surface area contributed by atoms with Gasteiger partial charge in [-0.25, -0.2) is 4.98 Å². The minimum absolute atomic E-state index is 0.394. The Morgan fingerprint density at radius 1 is 1.38 bits per heavy atom. The SMILES string of the molecule is COc1ccnc(N(C)C2CCCN(Cc3cccc(Cl)c3)C2)n1. The van der Waals surface area contributed by atoms with Gasteiger partial charge in [0.15, 0.2) is 0 Å². The lowest BCUT2D eigenvalue weighted by Gasteiger charge is -2.37. The standard InChI is InChI=1S/C18H23ClN4O/c1-22(18-20-9-8-17(21-18)24-2)16-7-4-10-23(13-16)12-14-5-3-6-15(19)11-14/h3,5-6,8-9,11,16H,4,7,10,12-13H2,1-2H3. The maximum atomic E-state index is 6.10. The molecule has 6 heteroatoms. The number of nitrogens with zero attached hydrogens (tertiary/aromatic N) is 4. The summed E-state index contributed by atoms with van der Waals surface area (Å²) >= 11 is 6.10. The van der Waals surface area contributed by atoms with Gasteiger partial charge in [0.2, 0.25) is 11.8 Å². The van der Waals surface area contributed by atoms with Crippen LogP contribution in [0, 0.1) is 0 Å². The zero-order valence-electron chi connectivity index (χ0n) is 14.2. The summed E-state index contributed by atoms with van der Waals surface area (Å²) in [5.74, 6) is 1.31. The van der Waals surface area contributed by atoms with E-state index in [1.165, 1.54) is 12.0 Å². The first-order valence-electron chi connectivity index (χ1n) is 8.22. The number of hydrogen-bond acceptors (Lipinski definition) is 5. The summed E-state index contributed by atoms with van der Waals surface area (Å²) in [6.45, 7) is 3.02. The molecule has 0 N–H and O–H groups in total. The third-order valence-corrected chi connectivity index (χ3v) is 4.70. The second-order valence-electron chi connectivity index (χ2n) is 6.17. The summed E-state index contributed by atoms with van der Waals surface area (Å²) < 4.78 is 5.20. The van der Waals surface area contributed by atoms with Crippen LogP contribution in [0.1, 0.15) is 18.4 Å². The molecule has 0 saturated carbocycles. The van der Waals surface area contributed by atoms with Crippen molar-refractivity contribution in [2.24, 2.45) is 0 Å². The van der Waals surface area contributed by atoms with Gasteiger partial charge in [-0.1, -0.05) is 23.7 Å². The van der Waals surface area contributed by atoms with Crippen molar-refractivity contribution in [1.29, 1.82) is 0 Å². The number of anilines is 1. The summed E-state index contributed by atoms with van der Waals surface area (Å²) in [5, 5.41) is 0.794. The fourth-order valence-electron chi connectivity index (χ4n) is 3.16. The number of halogens is 1. The van der Waals surface area contributed by atoms with Gasteiger partial charge in [-0.3, -0.25) is 4.90 Å². The van der Waals surface area contributed by atoms with Gasteiger partial charge in [0.25, 0.3) is 0 Å². The summed E-state index contributed by atoms with van der Waals surface area (Å²) in [7, 11) is 3.68. The van der Waals surface area contributed by atoms with Crippen LogP contribution in [0.2, 0.25) is 5.02 Å². The Morgan fingerprint density at radius 3 is 3.04 bits per heavy atom. The van der Waals surface area contributed by atoms with Crippen LogP contribution < -0.4 is 9.64 Å². The number of aromatic nitrogens is 2. The summed E-state index contributed by atoms with van der Waals surface area (Å²) in [5.41, 5.74) is 1.25. The van der Waals surface area contributed by atoms with Crippen LogP contribution in [0.15, 0.2) is 36.5 Å². The Hall–Kier alpha value is -1.85. The number of piperidine rings is 1. The van der Waals surface area contributed by atoms with E-state index in [1.54, 1.807) is 19.4 Å². The molecule has 128 valence electrons. The second-order valence-corrected chi connectivity index (χ2v) is 6.61. The van der Waals surface area contributed by atoms with E-state index < -0.39 is 0 Å². The zero-order valence-corrected chi connectivity index (χ0v) is 14.9. The van der Waals surface area contributed by atoms with Crippen LogP contribution in [0.3, 0.4) is 0 Å². The van der Waals surface area contributed by atoms with Gasteiger partial charge in [-0.05, 0) is 37.1 Å². The zero-order chi connectivity index (χ0) is 16.9. The third-order valence-electron chi connectivity index (χ3n) is 4.47. The van der Waals surface area contributed by atoms with Crippen LogP contribution in [0.25, 0.3) is 0 Å². The highest BCUT2D eigenvalue weighted by atomic mass is 35.5. The predicted octanol–water partition coefficient (Wildman–Crippen LogP) is 3.24. The molecule has 0 bridgehead atoms. The minimum atomic E-state index is 0.394. The fraction of sp³-hybridized carbons (Fsp3) is 0.444. The van der Waals surface area contributed by atoms with Gasteiger partial charge in [0, 0.05) is 43.5 Å². The Balaban J connectivity index is 1.66. The molecule has 3 rings (SSSR count). The first-order valence-corrected chi connectivity index (χ1v) is 8.60. The summed E-state index contributed by atoms with van der Waals surface area (Å²) in [6, 6.07) is 10.3. The van der Waals surface area contributed by atoms with Crippen molar-refractivity contribution in [2.45, 2.75) is 25.4 Å². The van der Waals surface area contributed by atoms with Gasteiger partial charge in [-0.2, -0.15) is 4.98 Å². The molecule has 0 radical (unpaired) electrons. The number of methoxy groups -OCH3 is 1. The highest BCUT2D eigenvalue weighted by Crippen LogP contribution is 2.22. The van der Waals surface area contributed by atoms with E-state index in [2.05, 4.69) is 32.9 Å². The van der Waals surface area contributed by atoms with E-state index >= 15 is 0 Å². The minimum Gasteiger partial charge on any atom is -0.481 e.